The van der Waals surface area contributed by atoms with E-state index in [2.05, 4.69) is 28.6 Å². The average molecular weight is 214 g/mol. The SMILES string of the molecule is C=Cc1ncc(CC)c(-n2ccc(C)n2)n1. The molecule has 2 aromatic heterocycles. The molecule has 0 aliphatic carbocycles. The van der Waals surface area contributed by atoms with Gasteiger partial charge in [0.2, 0.25) is 0 Å². The Morgan fingerprint density at radius 1 is 1.50 bits per heavy atom. The van der Waals surface area contributed by atoms with E-state index in [1.165, 1.54) is 0 Å². The normalized spacial score (nSPS) is 10.4. The fourth-order valence-corrected chi connectivity index (χ4v) is 1.49. The summed E-state index contributed by atoms with van der Waals surface area (Å²) in [6.07, 6.45) is 6.25. The Morgan fingerprint density at radius 2 is 2.31 bits per heavy atom. The van der Waals surface area contributed by atoms with E-state index in [0.29, 0.717) is 5.82 Å². The second kappa shape index (κ2) is 4.26. The molecule has 2 heterocycles. The summed E-state index contributed by atoms with van der Waals surface area (Å²) < 4.78 is 1.78. The number of rotatable bonds is 3. The van der Waals surface area contributed by atoms with Gasteiger partial charge in [-0.15, -0.1) is 0 Å². The summed E-state index contributed by atoms with van der Waals surface area (Å²) in [6, 6.07) is 1.95. The van der Waals surface area contributed by atoms with Gasteiger partial charge in [0.15, 0.2) is 11.6 Å². The van der Waals surface area contributed by atoms with E-state index in [4.69, 9.17) is 0 Å². The van der Waals surface area contributed by atoms with Gasteiger partial charge >= 0.3 is 0 Å². The Kier molecular flexibility index (Phi) is 2.81. The smallest absolute Gasteiger partial charge is 0.160 e. The topological polar surface area (TPSA) is 43.6 Å². The minimum atomic E-state index is 0.625. The molecule has 2 rings (SSSR count). The molecule has 82 valence electrons. The van der Waals surface area contributed by atoms with Gasteiger partial charge in [-0.2, -0.15) is 5.10 Å². The van der Waals surface area contributed by atoms with Crippen LogP contribution in [-0.2, 0) is 6.42 Å². The van der Waals surface area contributed by atoms with Crippen molar-refractivity contribution < 1.29 is 0 Å². The van der Waals surface area contributed by atoms with Gasteiger partial charge in [-0.25, -0.2) is 14.6 Å². The first-order valence-corrected chi connectivity index (χ1v) is 5.25. The fourth-order valence-electron chi connectivity index (χ4n) is 1.49. The zero-order valence-corrected chi connectivity index (χ0v) is 9.51. The lowest BCUT2D eigenvalue weighted by Gasteiger charge is -2.06. The Bertz CT molecular complexity index is 513. The number of aromatic nitrogens is 4. The lowest BCUT2D eigenvalue weighted by molar-refractivity contribution is 0.804. The fraction of sp³-hybridized carbons (Fsp3) is 0.250. The van der Waals surface area contributed by atoms with Crippen molar-refractivity contribution in [3.05, 3.63) is 42.1 Å². The Balaban J connectivity index is 2.56. The molecule has 0 aliphatic heterocycles. The van der Waals surface area contributed by atoms with Gasteiger partial charge in [0, 0.05) is 18.0 Å². The molecular formula is C12H14N4. The molecule has 0 N–H and O–H groups in total. The van der Waals surface area contributed by atoms with Crippen LogP contribution in [0, 0.1) is 6.92 Å². The van der Waals surface area contributed by atoms with Gasteiger partial charge < -0.3 is 0 Å². The van der Waals surface area contributed by atoms with Crippen molar-refractivity contribution in [2.75, 3.05) is 0 Å². The third-order valence-electron chi connectivity index (χ3n) is 2.36. The molecule has 16 heavy (non-hydrogen) atoms. The molecule has 2 aromatic rings. The van der Waals surface area contributed by atoms with Crippen molar-refractivity contribution in [1.29, 1.82) is 0 Å². The van der Waals surface area contributed by atoms with Gasteiger partial charge in [-0.05, 0) is 25.5 Å². The highest BCUT2D eigenvalue weighted by Gasteiger charge is 2.07. The summed E-state index contributed by atoms with van der Waals surface area (Å²) in [5, 5.41) is 4.36. The minimum Gasteiger partial charge on any atom is -0.237 e. The van der Waals surface area contributed by atoms with Crippen LogP contribution in [0.2, 0.25) is 0 Å². The highest BCUT2D eigenvalue weighted by molar-refractivity contribution is 5.41. The van der Waals surface area contributed by atoms with Gasteiger partial charge in [0.25, 0.3) is 0 Å². The molecule has 0 spiro atoms. The van der Waals surface area contributed by atoms with Crippen LogP contribution in [0.5, 0.6) is 0 Å². The molecule has 0 bridgehead atoms. The van der Waals surface area contributed by atoms with Crippen molar-refractivity contribution >= 4 is 6.08 Å². The molecule has 0 unspecified atom stereocenters. The van der Waals surface area contributed by atoms with Crippen molar-refractivity contribution in [3.63, 3.8) is 0 Å². The molecular weight excluding hydrogens is 200 g/mol. The van der Waals surface area contributed by atoms with Crippen LogP contribution in [0.4, 0.5) is 0 Å². The average Bonchev–Trinajstić information content (AvgIpc) is 2.75. The third kappa shape index (κ3) is 1.86. The van der Waals surface area contributed by atoms with Crippen molar-refractivity contribution in [2.24, 2.45) is 0 Å². The number of aryl methyl sites for hydroxylation is 2. The molecule has 0 saturated carbocycles. The zero-order valence-electron chi connectivity index (χ0n) is 9.51. The molecule has 4 nitrogen and oxygen atoms in total. The van der Waals surface area contributed by atoms with E-state index in [1.54, 1.807) is 10.8 Å². The van der Waals surface area contributed by atoms with Gasteiger partial charge in [-0.3, -0.25) is 0 Å². The predicted molar refractivity (Wildman–Crippen MR) is 63.4 cm³/mol. The summed E-state index contributed by atoms with van der Waals surface area (Å²) in [4.78, 5) is 8.61. The standard InChI is InChI=1S/C12H14N4/c1-4-10-8-13-11(5-2)14-12(10)16-7-6-9(3)15-16/h5-8H,2,4H2,1,3H3. The van der Waals surface area contributed by atoms with Gasteiger partial charge in [-0.1, -0.05) is 13.5 Å². The van der Waals surface area contributed by atoms with E-state index in [0.717, 1.165) is 23.5 Å². The zero-order chi connectivity index (χ0) is 11.5. The third-order valence-corrected chi connectivity index (χ3v) is 2.36. The van der Waals surface area contributed by atoms with Crippen LogP contribution in [0.25, 0.3) is 11.9 Å². The van der Waals surface area contributed by atoms with Crippen LogP contribution >= 0.6 is 0 Å². The van der Waals surface area contributed by atoms with E-state index in [1.807, 2.05) is 25.4 Å². The minimum absolute atomic E-state index is 0.625. The van der Waals surface area contributed by atoms with E-state index < -0.39 is 0 Å². The van der Waals surface area contributed by atoms with E-state index >= 15 is 0 Å². The van der Waals surface area contributed by atoms with Crippen LogP contribution in [0.1, 0.15) is 24.0 Å². The largest absolute Gasteiger partial charge is 0.237 e. The lowest BCUT2D eigenvalue weighted by atomic mass is 10.2. The first kappa shape index (κ1) is 10.5. The molecule has 0 radical (unpaired) electrons. The Hall–Kier alpha value is -1.97. The summed E-state index contributed by atoms with van der Waals surface area (Å²) in [5.74, 6) is 1.46. The van der Waals surface area contributed by atoms with Gasteiger partial charge in [0.05, 0.1) is 5.69 Å². The van der Waals surface area contributed by atoms with Crippen LogP contribution in [0.3, 0.4) is 0 Å². The number of nitrogens with zero attached hydrogens (tertiary/aromatic N) is 4. The predicted octanol–water partition coefficient (Wildman–Crippen LogP) is 2.18. The van der Waals surface area contributed by atoms with E-state index in [9.17, 15) is 0 Å². The number of hydrogen-bond acceptors (Lipinski definition) is 3. The van der Waals surface area contributed by atoms with Crippen molar-refractivity contribution in [2.45, 2.75) is 20.3 Å². The Morgan fingerprint density at radius 3 is 2.88 bits per heavy atom. The second-order valence-corrected chi connectivity index (χ2v) is 3.54. The molecule has 0 fully saturated rings. The van der Waals surface area contributed by atoms with Crippen LogP contribution in [0.15, 0.2) is 25.0 Å². The molecule has 0 amide bonds. The summed E-state index contributed by atoms with van der Waals surface area (Å²) >= 11 is 0. The Labute approximate surface area is 94.7 Å². The summed E-state index contributed by atoms with van der Waals surface area (Å²) in [7, 11) is 0. The van der Waals surface area contributed by atoms with Crippen molar-refractivity contribution in [3.8, 4) is 5.82 Å². The highest BCUT2D eigenvalue weighted by atomic mass is 15.3. The first-order valence-electron chi connectivity index (χ1n) is 5.25. The van der Waals surface area contributed by atoms with Crippen molar-refractivity contribution in [1.82, 2.24) is 19.7 Å². The van der Waals surface area contributed by atoms with Gasteiger partial charge in [0.1, 0.15) is 0 Å². The molecule has 0 aliphatic rings. The second-order valence-electron chi connectivity index (χ2n) is 3.54. The molecule has 0 saturated heterocycles. The summed E-state index contributed by atoms with van der Waals surface area (Å²) in [5.41, 5.74) is 2.05. The monoisotopic (exact) mass is 214 g/mol. The highest BCUT2D eigenvalue weighted by Crippen LogP contribution is 2.12. The molecule has 0 atom stereocenters. The summed E-state index contributed by atoms with van der Waals surface area (Å²) in [6.45, 7) is 7.70. The number of hydrogen-bond donors (Lipinski definition) is 0. The maximum atomic E-state index is 4.42. The van der Waals surface area contributed by atoms with E-state index in [-0.39, 0.29) is 0 Å². The lowest BCUT2D eigenvalue weighted by Crippen LogP contribution is -2.05. The maximum Gasteiger partial charge on any atom is 0.160 e. The molecule has 4 heteroatoms. The van der Waals surface area contributed by atoms with Crippen LogP contribution in [-0.4, -0.2) is 19.7 Å². The maximum absolute atomic E-state index is 4.42. The quantitative estimate of drug-likeness (QED) is 0.786. The first-order chi connectivity index (χ1) is 7.74. The van der Waals surface area contributed by atoms with Crippen LogP contribution < -0.4 is 0 Å². The molecule has 0 aromatic carbocycles.